The molecular formula is C32H40O5Si. The molecule has 1 fully saturated rings. The predicted molar refractivity (Wildman–Crippen MR) is 155 cm³/mol. The maximum absolute atomic E-state index is 7.19. The molecule has 3 atom stereocenters. The number of hydrogen-bond donors (Lipinski definition) is 0. The van der Waals surface area contributed by atoms with Gasteiger partial charge in [0, 0.05) is 13.5 Å². The van der Waals surface area contributed by atoms with Crippen LogP contribution in [0.25, 0.3) is 0 Å². The molecule has 0 spiro atoms. The summed E-state index contributed by atoms with van der Waals surface area (Å²) >= 11 is 0. The first kappa shape index (κ1) is 28.3. The SMILES string of the molecule is C=C[C@]1(CO[Si](c2ccccc2)(c2ccccc2)C(C)(C)C)C[C@@H](OCc2ccc(OC)cc2)[C@H](OC)O1. The Morgan fingerprint density at radius 2 is 1.50 bits per heavy atom. The van der Waals surface area contributed by atoms with Gasteiger partial charge in [-0.2, -0.15) is 0 Å². The molecule has 1 heterocycles. The van der Waals surface area contributed by atoms with E-state index in [1.54, 1.807) is 14.2 Å². The smallest absolute Gasteiger partial charge is 0.261 e. The summed E-state index contributed by atoms with van der Waals surface area (Å²) < 4.78 is 31.0. The van der Waals surface area contributed by atoms with Crippen molar-refractivity contribution in [2.45, 2.75) is 56.8 Å². The standard InChI is InChI=1S/C32H40O5Si/c1-7-32(22-29(30(34-6)37-32)35-23-25-18-20-26(33-5)21-19-25)24-36-38(31(2,3)4,27-14-10-8-11-15-27)28-16-12-9-13-17-28/h7-21,29-30H,1,22-24H2,2-6H3/t29-,30-,32-/m1/s1. The normalized spacial score (nSPS) is 21.8. The van der Waals surface area contributed by atoms with Gasteiger partial charge in [0.2, 0.25) is 0 Å². The molecule has 0 aliphatic carbocycles. The second kappa shape index (κ2) is 12.0. The summed E-state index contributed by atoms with van der Waals surface area (Å²) in [6.07, 6.45) is 1.66. The van der Waals surface area contributed by atoms with Gasteiger partial charge in [-0.1, -0.05) is 99.6 Å². The highest BCUT2D eigenvalue weighted by molar-refractivity contribution is 6.99. The van der Waals surface area contributed by atoms with Crippen molar-refractivity contribution in [2.24, 2.45) is 0 Å². The molecular weight excluding hydrogens is 492 g/mol. The highest BCUT2D eigenvalue weighted by Crippen LogP contribution is 2.40. The van der Waals surface area contributed by atoms with Crippen LogP contribution in [0.1, 0.15) is 32.8 Å². The van der Waals surface area contributed by atoms with Gasteiger partial charge in [-0.15, -0.1) is 6.58 Å². The van der Waals surface area contributed by atoms with Crippen molar-refractivity contribution in [1.29, 1.82) is 0 Å². The van der Waals surface area contributed by atoms with E-state index in [4.69, 9.17) is 23.4 Å². The van der Waals surface area contributed by atoms with Crippen molar-refractivity contribution in [3.63, 3.8) is 0 Å². The highest BCUT2D eigenvalue weighted by Gasteiger charge is 2.53. The molecule has 1 saturated heterocycles. The Balaban J connectivity index is 1.59. The fraction of sp³-hybridized carbons (Fsp3) is 0.375. The molecule has 4 rings (SSSR count). The minimum Gasteiger partial charge on any atom is -0.497 e. The van der Waals surface area contributed by atoms with E-state index < -0.39 is 20.2 Å². The molecule has 0 radical (unpaired) electrons. The lowest BCUT2D eigenvalue weighted by atomic mass is 10.0. The van der Waals surface area contributed by atoms with Crippen molar-refractivity contribution in [3.05, 3.63) is 103 Å². The van der Waals surface area contributed by atoms with Crippen LogP contribution in [-0.4, -0.2) is 47.1 Å². The molecule has 0 bridgehead atoms. The molecule has 6 heteroatoms. The van der Waals surface area contributed by atoms with Crippen LogP contribution in [0.2, 0.25) is 5.04 Å². The van der Waals surface area contributed by atoms with E-state index in [2.05, 4.69) is 88.0 Å². The first-order valence-electron chi connectivity index (χ1n) is 13.1. The Bertz CT molecular complexity index is 1120. The lowest BCUT2D eigenvalue weighted by molar-refractivity contribution is -0.181. The van der Waals surface area contributed by atoms with Crippen LogP contribution in [-0.2, 0) is 25.2 Å². The average Bonchev–Trinajstić information content (AvgIpc) is 3.31. The Morgan fingerprint density at radius 3 is 1.97 bits per heavy atom. The number of methoxy groups -OCH3 is 2. The monoisotopic (exact) mass is 532 g/mol. The van der Waals surface area contributed by atoms with E-state index in [1.165, 1.54) is 10.4 Å². The van der Waals surface area contributed by atoms with E-state index in [9.17, 15) is 0 Å². The summed E-state index contributed by atoms with van der Waals surface area (Å²) in [6, 6.07) is 29.1. The lowest BCUT2D eigenvalue weighted by Gasteiger charge is -2.44. The van der Waals surface area contributed by atoms with E-state index >= 15 is 0 Å². The van der Waals surface area contributed by atoms with Crippen molar-refractivity contribution < 1.29 is 23.4 Å². The zero-order valence-electron chi connectivity index (χ0n) is 23.2. The quantitative estimate of drug-likeness (QED) is 0.242. The van der Waals surface area contributed by atoms with Crippen molar-refractivity contribution >= 4 is 18.7 Å². The van der Waals surface area contributed by atoms with E-state index in [0.29, 0.717) is 19.6 Å². The molecule has 1 aliphatic heterocycles. The second-order valence-electron chi connectivity index (χ2n) is 10.8. The average molecular weight is 533 g/mol. The number of hydrogen-bond acceptors (Lipinski definition) is 5. The van der Waals surface area contributed by atoms with Gasteiger partial charge in [0.15, 0.2) is 6.29 Å². The summed E-state index contributed by atoms with van der Waals surface area (Å²) in [6.45, 7) is 11.8. The van der Waals surface area contributed by atoms with Gasteiger partial charge < -0.3 is 23.4 Å². The van der Waals surface area contributed by atoms with Crippen LogP contribution in [0, 0.1) is 0 Å². The van der Waals surface area contributed by atoms with Gasteiger partial charge in [-0.3, -0.25) is 0 Å². The topological polar surface area (TPSA) is 46.2 Å². The maximum atomic E-state index is 7.19. The van der Waals surface area contributed by atoms with Gasteiger partial charge in [0.1, 0.15) is 17.5 Å². The molecule has 5 nitrogen and oxygen atoms in total. The third-order valence-electron chi connectivity index (χ3n) is 7.38. The van der Waals surface area contributed by atoms with Crippen LogP contribution >= 0.6 is 0 Å². The third kappa shape index (κ3) is 5.80. The van der Waals surface area contributed by atoms with Gasteiger partial charge in [-0.25, -0.2) is 0 Å². The minimum absolute atomic E-state index is 0.137. The Labute approximate surface area is 228 Å². The molecule has 0 N–H and O–H groups in total. The summed E-state index contributed by atoms with van der Waals surface area (Å²) in [4.78, 5) is 0. The number of benzene rings is 3. The Morgan fingerprint density at radius 1 is 0.921 bits per heavy atom. The molecule has 3 aromatic carbocycles. The first-order chi connectivity index (χ1) is 18.3. The number of ether oxygens (including phenoxy) is 4. The third-order valence-corrected chi connectivity index (χ3v) is 12.4. The lowest BCUT2D eigenvalue weighted by Crippen LogP contribution is -2.67. The molecule has 1 aliphatic rings. The molecule has 0 aromatic heterocycles. The van der Waals surface area contributed by atoms with Crippen molar-refractivity contribution in [1.82, 2.24) is 0 Å². The van der Waals surface area contributed by atoms with E-state index in [-0.39, 0.29) is 11.1 Å². The minimum atomic E-state index is -2.74. The number of rotatable bonds is 11. The predicted octanol–water partition coefficient (Wildman–Crippen LogP) is 5.47. The largest absolute Gasteiger partial charge is 0.497 e. The molecule has 0 unspecified atom stereocenters. The van der Waals surface area contributed by atoms with Crippen LogP contribution in [0.15, 0.2) is 97.6 Å². The van der Waals surface area contributed by atoms with Crippen molar-refractivity contribution in [3.8, 4) is 5.75 Å². The summed E-state index contributed by atoms with van der Waals surface area (Å²) in [5.74, 6) is 0.818. The molecule has 0 amide bonds. The first-order valence-corrected chi connectivity index (χ1v) is 15.0. The van der Waals surface area contributed by atoms with Crippen LogP contribution in [0.5, 0.6) is 5.75 Å². The van der Waals surface area contributed by atoms with Gasteiger partial charge in [-0.05, 0) is 33.1 Å². The van der Waals surface area contributed by atoms with Crippen molar-refractivity contribution in [2.75, 3.05) is 20.8 Å². The zero-order chi connectivity index (χ0) is 27.2. The second-order valence-corrected chi connectivity index (χ2v) is 15.2. The molecule has 3 aromatic rings. The maximum Gasteiger partial charge on any atom is 0.261 e. The zero-order valence-corrected chi connectivity index (χ0v) is 24.2. The van der Waals surface area contributed by atoms with Crippen LogP contribution in [0.4, 0.5) is 0 Å². The fourth-order valence-corrected chi connectivity index (χ4v) is 9.95. The molecule has 0 saturated carbocycles. The summed E-state index contributed by atoms with van der Waals surface area (Å²) in [7, 11) is 0.575. The Hall–Kier alpha value is -2.74. The van der Waals surface area contributed by atoms with Crippen LogP contribution < -0.4 is 15.1 Å². The Kier molecular flexibility index (Phi) is 8.91. The fourth-order valence-electron chi connectivity index (χ4n) is 5.33. The van der Waals surface area contributed by atoms with Crippen LogP contribution in [0.3, 0.4) is 0 Å². The summed E-state index contributed by atoms with van der Waals surface area (Å²) in [5.41, 5.74) is 0.318. The van der Waals surface area contributed by atoms with E-state index in [0.717, 1.165) is 11.3 Å². The van der Waals surface area contributed by atoms with E-state index in [1.807, 2.05) is 30.3 Å². The molecule has 202 valence electrons. The van der Waals surface area contributed by atoms with Gasteiger partial charge >= 0.3 is 0 Å². The summed E-state index contributed by atoms with van der Waals surface area (Å²) in [5, 5.41) is 2.32. The molecule has 38 heavy (non-hydrogen) atoms. The van der Waals surface area contributed by atoms with Gasteiger partial charge in [0.05, 0.1) is 20.3 Å². The van der Waals surface area contributed by atoms with Gasteiger partial charge in [0.25, 0.3) is 8.32 Å². The highest BCUT2D eigenvalue weighted by atomic mass is 28.4.